The van der Waals surface area contributed by atoms with Crippen molar-refractivity contribution in [2.24, 2.45) is 17.8 Å². The third-order valence-corrected chi connectivity index (χ3v) is 6.63. The van der Waals surface area contributed by atoms with Gasteiger partial charge in [-0.05, 0) is 80.9 Å². The van der Waals surface area contributed by atoms with Crippen molar-refractivity contribution in [1.82, 2.24) is 0 Å². The standard InChI is InChI=1S/C23H30F4/c1-2-3-15-4-6-17(7-5-15)22(26)23(27)18-10-8-16(9-11-18)19-12-13-20(24)21(25)14-19/h12-18H,2-11H2,1H3/b23-22+. The number of hydrogen-bond acceptors (Lipinski definition) is 0. The molecule has 2 saturated carbocycles. The van der Waals surface area contributed by atoms with Crippen LogP contribution in [0.5, 0.6) is 0 Å². The molecule has 1 aromatic rings. The molecule has 0 atom stereocenters. The Morgan fingerprint density at radius 2 is 1.37 bits per heavy atom. The number of benzene rings is 1. The van der Waals surface area contributed by atoms with Crippen LogP contribution >= 0.6 is 0 Å². The lowest BCUT2D eigenvalue weighted by molar-refractivity contribution is 0.241. The minimum atomic E-state index is -0.850. The molecule has 0 spiro atoms. The topological polar surface area (TPSA) is 0 Å². The van der Waals surface area contributed by atoms with Crippen LogP contribution in [0.25, 0.3) is 0 Å². The van der Waals surface area contributed by atoms with Gasteiger partial charge in [-0.2, -0.15) is 0 Å². The van der Waals surface area contributed by atoms with Crippen LogP contribution in [0.2, 0.25) is 0 Å². The van der Waals surface area contributed by atoms with Crippen LogP contribution in [0, 0.1) is 29.4 Å². The highest BCUT2D eigenvalue weighted by Crippen LogP contribution is 2.43. The van der Waals surface area contributed by atoms with E-state index in [9.17, 15) is 17.6 Å². The van der Waals surface area contributed by atoms with Crippen molar-refractivity contribution in [2.45, 2.75) is 77.0 Å². The van der Waals surface area contributed by atoms with E-state index in [0.29, 0.717) is 31.6 Å². The molecule has 1 aromatic carbocycles. The third kappa shape index (κ3) is 4.94. The summed E-state index contributed by atoms with van der Waals surface area (Å²) in [6.45, 7) is 2.17. The molecule has 0 heterocycles. The second-order valence-electron chi connectivity index (χ2n) is 8.42. The zero-order chi connectivity index (χ0) is 19.4. The van der Waals surface area contributed by atoms with E-state index in [0.717, 1.165) is 43.7 Å². The summed E-state index contributed by atoms with van der Waals surface area (Å²) in [5.41, 5.74) is 0.756. The van der Waals surface area contributed by atoms with Crippen molar-refractivity contribution < 1.29 is 17.6 Å². The van der Waals surface area contributed by atoms with E-state index in [1.165, 1.54) is 12.5 Å². The van der Waals surface area contributed by atoms with Gasteiger partial charge in [-0.3, -0.25) is 0 Å². The molecule has 0 saturated heterocycles. The van der Waals surface area contributed by atoms with E-state index in [1.807, 2.05) is 0 Å². The number of hydrogen-bond donors (Lipinski definition) is 0. The highest BCUT2D eigenvalue weighted by atomic mass is 19.2. The monoisotopic (exact) mass is 382 g/mol. The lowest BCUT2D eigenvalue weighted by Gasteiger charge is -2.31. The summed E-state index contributed by atoms with van der Waals surface area (Å²) in [7, 11) is 0. The van der Waals surface area contributed by atoms with Gasteiger partial charge in [-0.15, -0.1) is 0 Å². The Balaban J connectivity index is 1.56. The zero-order valence-corrected chi connectivity index (χ0v) is 16.1. The van der Waals surface area contributed by atoms with Gasteiger partial charge >= 0.3 is 0 Å². The van der Waals surface area contributed by atoms with Gasteiger partial charge in [-0.25, -0.2) is 17.6 Å². The van der Waals surface area contributed by atoms with Gasteiger partial charge < -0.3 is 0 Å². The molecule has 2 aliphatic rings. The molecular weight excluding hydrogens is 352 g/mol. The predicted molar refractivity (Wildman–Crippen MR) is 101 cm³/mol. The summed E-state index contributed by atoms with van der Waals surface area (Å²) in [4.78, 5) is 0. The van der Waals surface area contributed by atoms with Crippen LogP contribution in [-0.4, -0.2) is 0 Å². The first-order valence-corrected chi connectivity index (χ1v) is 10.5. The second-order valence-corrected chi connectivity index (χ2v) is 8.42. The van der Waals surface area contributed by atoms with Gasteiger partial charge in [0, 0.05) is 11.8 Å². The summed E-state index contributed by atoms with van der Waals surface area (Å²) in [5.74, 6) is -2.59. The number of halogens is 4. The molecule has 0 radical (unpaired) electrons. The molecule has 0 nitrogen and oxygen atoms in total. The van der Waals surface area contributed by atoms with Gasteiger partial charge in [0.05, 0.1) is 0 Å². The van der Waals surface area contributed by atoms with Crippen LogP contribution < -0.4 is 0 Å². The average Bonchev–Trinajstić information content (AvgIpc) is 2.70. The Kier molecular flexibility index (Phi) is 6.99. The Morgan fingerprint density at radius 1 is 0.815 bits per heavy atom. The first-order chi connectivity index (χ1) is 13.0. The Bertz CT molecular complexity index is 650. The predicted octanol–water partition coefficient (Wildman–Crippen LogP) is 8.00. The zero-order valence-electron chi connectivity index (χ0n) is 16.1. The van der Waals surface area contributed by atoms with E-state index in [-0.39, 0.29) is 17.8 Å². The van der Waals surface area contributed by atoms with Crippen molar-refractivity contribution in [3.63, 3.8) is 0 Å². The molecule has 4 heteroatoms. The fourth-order valence-corrected chi connectivity index (χ4v) is 4.95. The van der Waals surface area contributed by atoms with Crippen molar-refractivity contribution in [2.75, 3.05) is 0 Å². The smallest absolute Gasteiger partial charge is 0.159 e. The van der Waals surface area contributed by atoms with E-state index in [4.69, 9.17) is 0 Å². The number of rotatable bonds is 5. The molecule has 0 aliphatic heterocycles. The molecule has 2 fully saturated rings. The summed E-state index contributed by atoms with van der Waals surface area (Å²) in [5, 5.41) is 0. The van der Waals surface area contributed by atoms with Crippen LogP contribution in [0.15, 0.2) is 29.9 Å². The molecule has 150 valence electrons. The molecule has 3 rings (SSSR count). The highest BCUT2D eigenvalue weighted by Gasteiger charge is 2.31. The molecule has 2 aliphatic carbocycles. The van der Waals surface area contributed by atoms with E-state index in [1.54, 1.807) is 6.07 Å². The second kappa shape index (κ2) is 9.25. The van der Waals surface area contributed by atoms with Gasteiger partial charge in [0.15, 0.2) is 11.6 Å². The molecule has 27 heavy (non-hydrogen) atoms. The molecule has 0 bridgehead atoms. The van der Waals surface area contributed by atoms with Crippen molar-refractivity contribution in [1.29, 1.82) is 0 Å². The highest BCUT2D eigenvalue weighted by molar-refractivity contribution is 5.23. The van der Waals surface area contributed by atoms with Gasteiger partial charge in [0.2, 0.25) is 0 Å². The van der Waals surface area contributed by atoms with Crippen molar-refractivity contribution in [3.05, 3.63) is 47.1 Å². The summed E-state index contributed by atoms with van der Waals surface area (Å²) in [6, 6.07) is 3.98. The van der Waals surface area contributed by atoms with E-state index < -0.39 is 23.3 Å². The molecular formula is C23H30F4. The Morgan fingerprint density at radius 3 is 1.89 bits per heavy atom. The van der Waals surface area contributed by atoms with Crippen molar-refractivity contribution >= 4 is 0 Å². The lowest BCUT2D eigenvalue weighted by Crippen LogP contribution is -2.19. The summed E-state index contributed by atoms with van der Waals surface area (Å²) < 4.78 is 56.0. The number of allylic oxidation sites excluding steroid dienone is 2. The maximum absolute atomic E-state index is 14.8. The SMILES string of the molecule is CCCC1CCC(/C(F)=C(\F)C2CCC(c3ccc(F)c(F)c3)CC2)CC1. The van der Waals surface area contributed by atoms with Crippen LogP contribution in [0.1, 0.15) is 82.6 Å². The normalized spacial score (nSPS) is 30.1. The van der Waals surface area contributed by atoms with E-state index in [2.05, 4.69) is 6.92 Å². The van der Waals surface area contributed by atoms with Gasteiger partial charge in [0.25, 0.3) is 0 Å². The third-order valence-electron chi connectivity index (χ3n) is 6.63. The van der Waals surface area contributed by atoms with E-state index >= 15 is 0 Å². The Labute approximate surface area is 160 Å². The lowest BCUT2D eigenvalue weighted by atomic mass is 9.76. The largest absolute Gasteiger partial charge is 0.209 e. The fraction of sp³-hybridized carbons (Fsp3) is 0.652. The molecule has 0 amide bonds. The maximum Gasteiger partial charge on any atom is 0.159 e. The Hall–Kier alpha value is -1.32. The van der Waals surface area contributed by atoms with Crippen LogP contribution in [0.4, 0.5) is 17.6 Å². The fourth-order valence-electron chi connectivity index (χ4n) is 4.95. The summed E-state index contributed by atoms with van der Waals surface area (Å²) >= 11 is 0. The van der Waals surface area contributed by atoms with Crippen LogP contribution in [-0.2, 0) is 0 Å². The molecule has 0 aromatic heterocycles. The molecule has 0 unspecified atom stereocenters. The average molecular weight is 382 g/mol. The maximum atomic E-state index is 14.8. The minimum absolute atomic E-state index is 0.0942. The van der Waals surface area contributed by atoms with Gasteiger partial charge in [0.1, 0.15) is 11.7 Å². The first kappa shape index (κ1) is 20.4. The molecule has 0 N–H and O–H groups in total. The van der Waals surface area contributed by atoms with Crippen LogP contribution in [0.3, 0.4) is 0 Å². The van der Waals surface area contributed by atoms with Gasteiger partial charge in [-0.1, -0.05) is 25.8 Å². The quantitative estimate of drug-likeness (QED) is 0.453. The minimum Gasteiger partial charge on any atom is -0.209 e. The van der Waals surface area contributed by atoms with Crippen molar-refractivity contribution in [3.8, 4) is 0 Å². The summed E-state index contributed by atoms with van der Waals surface area (Å²) in [6.07, 6.45) is 8.35. The first-order valence-electron chi connectivity index (χ1n) is 10.5.